The first-order chi connectivity index (χ1) is 18.8. The number of rotatable bonds is 11. The van der Waals surface area contributed by atoms with E-state index >= 15 is 0 Å². The summed E-state index contributed by atoms with van der Waals surface area (Å²) in [5.41, 5.74) is 2.50. The molecule has 10 heteroatoms. The number of carbonyl (C=O) groups is 2. The number of benzene rings is 3. The van der Waals surface area contributed by atoms with Crippen LogP contribution >= 0.6 is 23.2 Å². The lowest BCUT2D eigenvalue weighted by Crippen LogP contribution is -2.51. The van der Waals surface area contributed by atoms with Crippen molar-refractivity contribution in [3.05, 3.63) is 93.5 Å². The first kappa shape index (κ1) is 31.5. The van der Waals surface area contributed by atoms with E-state index in [9.17, 15) is 18.0 Å². The summed E-state index contributed by atoms with van der Waals surface area (Å²) in [4.78, 5) is 28.5. The van der Waals surface area contributed by atoms with Crippen molar-refractivity contribution in [3.8, 4) is 0 Å². The second kappa shape index (κ2) is 13.5. The standard InChI is InChI=1S/C30H35Cl2N3O4S/c1-20(2)17-33-30(37)23(5)34(18-24-7-6-8-25(31)15-24)29(36)19-35(28-16-26(32)12-11-22(28)4)40(38,39)27-13-9-21(3)10-14-27/h6-16,20,23H,17-19H2,1-5H3,(H,33,37). The summed E-state index contributed by atoms with van der Waals surface area (Å²) in [7, 11) is -4.18. The predicted octanol–water partition coefficient (Wildman–Crippen LogP) is 6.00. The third-order valence-electron chi connectivity index (χ3n) is 6.42. The molecular formula is C30H35Cl2N3O4S. The lowest BCUT2D eigenvalue weighted by atomic mass is 10.1. The van der Waals surface area contributed by atoms with Gasteiger partial charge in [0.05, 0.1) is 10.6 Å². The van der Waals surface area contributed by atoms with Gasteiger partial charge in [-0.3, -0.25) is 13.9 Å². The van der Waals surface area contributed by atoms with Crippen LogP contribution in [-0.4, -0.2) is 44.3 Å². The maximum absolute atomic E-state index is 14.0. The molecule has 0 bridgehead atoms. The summed E-state index contributed by atoms with van der Waals surface area (Å²) in [6.07, 6.45) is 0. The van der Waals surface area contributed by atoms with E-state index in [0.29, 0.717) is 27.7 Å². The lowest BCUT2D eigenvalue weighted by molar-refractivity contribution is -0.139. The molecule has 0 aliphatic rings. The minimum absolute atomic E-state index is 0.0365. The van der Waals surface area contributed by atoms with Gasteiger partial charge in [0, 0.05) is 23.1 Å². The molecule has 3 aromatic rings. The zero-order valence-electron chi connectivity index (χ0n) is 23.3. The van der Waals surface area contributed by atoms with Gasteiger partial charge in [-0.25, -0.2) is 8.42 Å². The van der Waals surface area contributed by atoms with Gasteiger partial charge in [-0.1, -0.05) is 72.9 Å². The highest BCUT2D eigenvalue weighted by Crippen LogP contribution is 2.30. The average Bonchev–Trinajstić information content (AvgIpc) is 2.90. The highest BCUT2D eigenvalue weighted by molar-refractivity contribution is 7.92. The fourth-order valence-corrected chi connectivity index (χ4v) is 5.92. The molecule has 0 heterocycles. The topological polar surface area (TPSA) is 86.8 Å². The van der Waals surface area contributed by atoms with Crippen molar-refractivity contribution in [3.63, 3.8) is 0 Å². The van der Waals surface area contributed by atoms with Crippen LogP contribution in [0.2, 0.25) is 10.0 Å². The second-order valence-electron chi connectivity index (χ2n) is 10.2. The lowest BCUT2D eigenvalue weighted by Gasteiger charge is -2.32. The highest BCUT2D eigenvalue weighted by Gasteiger charge is 2.33. The Morgan fingerprint density at radius 3 is 2.17 bits per heavy atom. The molecule has 3 aromatic carbocycles. The third-order valence-corrected chi connectivity index (χ3v) is 8.67. The molecule has 0 radical (unpaired) electrons. The molecule has 214 valence electrons. The van der Waals surface area contributed by atoms with Crippen molar-refractivity contribution in [2.24, 2.45) is 5.92 Å². The minimum Gasteiger partial charge on any atom is -0.354 e. The van der Waals surface area contributed by atoms with Gasteiger partial charge in [0.2, 0.25) is 11.8 Å². The molecule has 0 aromatic heterocycles. The van der Waals surface area contributed by atoms with Gasteiger partial charge in [0.15, 0.2) is 0 Å². The number of halogens is 2. The van der Waals surface area contributed by atoms with Crippen molar-refractivity contribution in [1.29, 1.82) is 0 Å². The van der Waals surface area contributed by atoms with Crippen LogP contribution in [0, 0.1) is 19.8 Å². The zero-order chi connectivity index (χ0) is 29.6. The first-order valence-electron chi connectivity index (χ1n) is 13.0. The normalized spacial score (nSPS) is 12.2. The van der Waals surface area contributed by atoms with Crippen LogP contribution in [0.25, 0.3) is 0 Å². The number of hydrogen-bond acceptors (Lipinski definition) is 4. The van der Waals surface area contributed by atoms with Crippen molar-refractivity contribution in [2.45, 2.75) is 52.1 Å². The van der Waals surface area contributed by atoms with Crippen molar-refractivity contribution >= 4 is 50.7 Å². The van der Waals surface area contributed by atoms with E-state index in [4.69, 9.17) is 23.2 Å². The molecule has 0 fully saturated rings. The molecule has 40 heavy (non-hydrogen) atoms. The van der Waals surface area contributed by atoms with E-state index in [1.54, 1.807) is 62.4 Å². The summed E-state index contributed by atoms with van der Waals surface area (Å²) < 4.78 is 29.0. The Morgan fingerprint density at radius 2 is 1.55 bits per heavy atom. The SMILES string of the molecule is Cc1ccc(S(=O)(=O)N(CC(=O)N(Cc2cccc(Cl)c2)C(C)C(=O)NCC(C)C)c2cc(Cl)ccc2C)cc1. The largest absolute Gasteiger partial charge is 0.354 e. The Bertz CT molecular complexity index is 1460. The molecule has 0 spiro atoms. The Balaban J connectivity index is 2.06. The molecule has 0 saturated carbocycles. The van der Waals surface area contributed by atoms with E-state index in [1.165, 1.54) is 23.1 Å². The predicted molar refractivity (Wildman–Crippen MR) is 161 cm³/mol. The van der Waals surface area contributed by atoms with E-state index in [0.717, 1.165) is 9.87 Å². The molecule has 2 amide bonds. The second-order valence-corrected chi connectivity index (χ2v) is 13.0. The maximum atomic E-state index is 14.0. The van der Waals surface area contributed by atoms with Gasteiger partial charge in [-0.2, -0.15) is 0 Å². The zero-order valence-corrected chi connectivity index (χ0v) is 25.6. The number of amides is 2. The molecule has 1 N–H and O–H groups in total. The summed E-state index contributed by atoms with van der Waals surface area (Å²) in [6, 6.07) is 17.4. The van der Waals surface area contributed by atoms with Crippen LogP contribution in [0.1, 0.15) is 37.5 Å². The van der Waals surface area contributed by atoms with Gasteiger partial charge in [0.25, 0.3) is 10.0 Å². The van der Waals surface area contributed by atoms with Gasteiger partial charge in [0.1, 0.15) is 12.6 Å². The fourth-order valence-electron chi connectivity index (χ4n) is 4.07. The Kier molecular flexibility index (Phi) is 10.6. The van der Waals surface area contributed by atoms with Crippen LogP contribution in [0.5, 0.6) is 0 Å². The molecule has 1 unspecified atom stereocenters. The fraction of sp³-hybridized carbons (Fsp3) is 0.333. The number of aryl methyl sites for hydroxylation is 2. The van der Waals surface area contributed by atoms with Crippen LogP contribution in [0.4, 0.5) is 5.69 Å². The molecule has 0 aliphatic carbocycles. The van der Waals surface area contributed by atoms with Crippen LogP contribution in [-0.2, 0) is 26.2 Å². The number of hydrogen-bond donors (Lipinski definition) is 1. The van der Waals surface area contributed by atoms with E-state index in [-0.39, 0.29) is 29.0 Å². The summed E-state index contributed by atoms with van der Waals surface area (Å²) >= 11 is 12.5. The van der Waals surface area contributed by atoms with Crippen LogP contribution < -0.4 is 9.62 Å². The molecule has 3 rings (SSSR count). The minimum atomic E-state index is -4.18. The van der Waals surface area contributed by atoms with Crippen molar-refractivity contribution < 1.29 is 18.0 Å². The monoisotopic (exact) mass is 603 g/mol. The van der Waals surface area contributed by atoms with E-state index in [1.807, 2.05) is 20.8 Å². The highest BCUT2D eigenvalue weighted by atomic mass is 35.5. The van der Waals surface area contributed by atoms with Crippen molar-refractivity contribution in [1.82, 2.24) is 10.2 Å². The summed E-state index contributed by atoms with van der Waals surface area (Å²) in [5.74, 6) is -0.674. The molecule has 0 aliphatic heterocycles. The number of anilines is 1. The van der Waals surface area contributed by atoms with Gasteiger partial charge < -0.3 is 10.2 Å². The Labute approximate surface area is 247 Å². The maximum Gasteiger partial charge on any atom is 0.264 e. The number of nitrogens with one attached hydrogen (secondary N) is 1. The number of sulfonamides is 1. The summed E-state index contributed by atoms with van der Waals surface area (Å²) in [5, 5.41) is 3.68. The molecule has 1 atom stereocenters. The Morgan fingerprint density at radius 1 is 0.900 bits per heavy atom. The van der Waals surface area contributed by atoms with Crippen LogP contribution in [0.3, 0.4) is 0 Å². The van der Waals surface area contributed by atoms with Crippen LogP contribution in [0.15, 0.2) is 71.6 Å². The summed E-state index contributed by atoms with van der Waals surface area (Å²) in [6.45, 7) is 9.14. The number of carbonyl (C=O) groups excluding carboxylic acids is 2. The first-order valence-corrected chi connectivity index (χ1v) is 15.2. The third kappa shape index (κ3) is 7.99. The van der Waals surface area contributed by atoms with Gasteiger partial charge in [-0.05, 0) is 74.2 Å². The Hall–Kier alpha value is -3.07. The van der Waals surface area contributed by atoms with Crippen molar-refractivity contribution in [2.75, 3.05) is 17.4 Å². The molecular weight excluding hydrogens is 569 g/mol. The van der Waals surface area contributed by atoms with Gasteiger partial charge >= 0.3 is 0 Å². The molecule has 7 nitrogen and oxygen atoms in total. The quantitative estimate of drug-likeness (QED) is 0.291. The van der Waals surface area contributed by atoms with E-state index in [2.05, 4.69) is 5.32 Å². The van der Waals surface area contributed by atoms with E-state index < -0.39 is 28.5 Å². The average molecular weight is 605 g/mol. The van der Waals surface area contributed by atoms with Gasteiger partial charge in [-0.15, -0.1) is 0 Å². The molecule has 0 saturated heterocycles. The number of nitrogens with zero attached hydrogens (tertiary/aromatic N) is 2. The smallest absolute Gasteiger partial charge is 0.264 e.